The van der Waals surface area contributed by atoms with Crippen LogP contribution in [0.2, 0.25) is 0 Å². The van der Waals surface area contributed by atoms with Crippen molar-refractivity contribution in [3.05, 3.63) is 0 Å². The van der Waals surface area contributed by atoms with E-state index in [4.69, 9.17) is 5.73 Å². The van der Waals surface area contributed by atoms with Gasteiger partial charge >= 0.3 is 0 Å². The molecule has 0 bridgehead atoms. The summed E-state index contributed by atoms with van der Waals surface area (Å²) in [5.74, 6) is 2.51. The van der Waals surface area contributed by atoms with Crippen molar-refractivity contribution in [2.24, 2.45) is 23.5 Å². The van der Waals surface area contributed by atoms with Crippen LogP contribution in [0.1, 0.15) is 47.0 Å². The maximum absolute atomic E-state index is 6.14. The molecule has 0 radical (unpaired) electrons. The summed E-state index contributed by atoms with van der Waals surface area (Å²) in [7, 11) is 0. The summed E-state index contributed by atoms with van der Waals surface area (Å²) in [4.78, 5) is 2.73. The van der Waals surface area contributed by atoms with Crippen molar-refractivity contribution < 1.29 is 0 Å². The average Bonchev–Trinajstić information content (AvgIpc) is 2.15. The molecule has 2 fully saturated rings. The molecule has 2 N–H and O–H groups in total. The highest BCUT2D eigenvalue weighted by Crippen LogP contribution is 2.39. The van der Waals surface area contributed by atoms with E-state index in [2.05, 4.69) is 32.6 Å². The fourth-order valence-electron chi connectivity index (χ4n) is 3.38. The Bertz CT molecular complexity index is 233. The maximum Gasteiger partial charge on any atom is 0.0110 e. The second kappa shape index (κ2) is 4.66. The highest BCUT2D eigenvalue weighted by molar-refractivity contribution is 4.95. The van der Waals surface area contributed by atoms with Crippen LogP contribution in [0.3, 0.4) is 0 Å². The van der Waals surface area contributed by atoms with E-state index < -0.39 is 0 Å². The molecule has 94 valence electrons. The van der Waals surface area contributed by atoms with Gasteiger partial charge in [0.1, 0.15) is 0 Å². The predicted molar refractivity (Wildman–Crippen MR) is 69.3 cm³/mol. The molecule has 1 saturated heterocycles. The van der Waals surface area contributed by atoms with Gasteiger partial charge in [0.15, 0.2) is 0 Å². The Morgan fingerprint density at radius 3 is 2.38 bits per heavy atom. The zero-order valence-electron chi connectivity index (χ0n) is 11.3. The van der Waals surface area contributed by atoms with Gasteiger partial charge in [0.25, 0.3) is 0 Å². The summed E-state index contributed by atoms with van der Waals surface area (Å²) >= 11 is 0. The zero-order valence-corrected chi connectivity index (χ0v) is 11.3. The molecule has 3 unspecified atom stereocenters. The Hall–Kier alpha value is -0.0800. The largest absolute Gasteiger partial charge is 0.327 e. The number of nitrogens with two attached hydrogens (primary N) is 1. The van der Waals surface area contributed by atoms with Crippen LogP contribution >= 0.6 is 0 Å². The third-order valence-electron chi connectivity index (χ3n) is 5.24. The van der Waals surface area contributed by atoms with E-state index >= 15 is 0 Å². The lowest BCUT2D eigenvalue weighted by atomic mass is 9.71. The highest BCUT2D eigenvalue weighted by Gasteiger charge is 2.40. The summed E-state index contributed by atoms with van der Waals surface area (Å²) in [6.07, 6.45) is 4.03. The SMILES string of the molecule is CC(C)C1CC(N2CCC(N)C(C)C2C)C1. The lowest BCUT2D eigenvalue weighted by Crippen LogP contribution is -2.58. The Balaban J connectivity index is 1.87. The first-order chi connectivity index (χ1) is 7.50. The third-order valence-corrected chi connectivity index (χ3v) is 5.24. The van der Waals surface area contributed by atoms with Gasteiger partial charge < -0.3 is 5.73 Å². The quantitative estimate of drug-likeness (QED) is 0.781. The standard InChI is InChI=1S/C14H28N2/c1-9(2)12-7-13(8-12)16-6-5-14(15)10(3)11(16)4/h9-14H,5-8,15H2,1-4H3. The molecule has 0 aromatic heterocycles. The van der Waals surface area contributed by atoms with Crippen LogP contribution in [0.25, 0.3) is 0 Å². The van der Waals surface area contributed by atoms with Crippen molar-refractivity contribution in [2.45, 2.75) is 65.1 Å². The number of piperidine rings is 1. The Morgan fingerprint density at radius 2 is 1.81 bits per heavy atom. The molecule has 1 heterocycles. The van der Waals surface area contributed by atoms with Crippen molar-refractivity contribution in [1.29, 1.82) is 0 Å². The zero-order chi connectivity index (χ0) is 11.9. The van der Waals surface area contributed by atoms with Crippen LogP contribution in [0.4, 0.5) is 0 Å². The molecule has 16 heavy (non-hydrogen) atoms. The molecule has 1 aliphatic heterocycles. The van der Waals surface area contributed by atoms with E-state index in [0.717, 1.165) is 17.9 Å². The summed E-state index contributed by atoms with van der Waals surface area (Å²) < 4.78 is 0. The van der Waals surface area contributed by atoms with Crippen molar-refractivity contribution in [2.75, 3.05) is 6.54 Å². The van der Waals surface area contributed by atoms with Gasteiger partial charge in [-0.2, -0.15) is 0 Å². The van der Waals surface area contributed by atoms with Crippen molar-refractivity contribution in [3.8, 4) is 0 Å². The fraction of sp³-hybridized carbons (Fsp3) is 1.00. The Morgan fingerprint density at radius 1 is 1.19 bits per heavy atom. The molecule has 1 aliphatic carbocycles. The summed E-state index contributed by atoms with van der Waals surface area (Å²) in [6.45, 7) is 10.6. The van der Waals surface area contributed by atoms with Crippen LogP contribution in [0.15, 0.2) is 0 Å². The first-order valence-electron chi connectivity index (χ1n) is 7.02. The van der Waals surface area contributed by atoms with Crippen molar-refractivity contribution >= 4 is 0 Å². The van der Waals surface area contributed by atoms with Gasteiger partial charge in [-0.15, -0.1) is 0 Å². The number of nitrogens with zero attached hydrogens (tertiary/aromatic N) is 1. The molecular weight excluding hydrogens is 196 g/mol. The second-order valence-electron chi connectivity index (χ2n) is 6.42. The molecule has 2 rings (SSSR count). The minimum absolute atomic E-state index is 0.423. The summed E-state index contributed by atoms with van der Waals surface area (Å²) in [6, 6.07) is 1.96. The van der Waals surface area contributed by atoms with E-state index in [1.807, 2.05) is 0 Å². The summed E-state index contributed by atoms with van der Waals surface area (Å²) in [5, 5.41) is 0. The number of likely N-dealkylation sites (tertiary alicyclic amines) is 1. The van der Waals surface area contributed by atoms with E-state index in [1.54, 1.807) is 0 Å². The molecule has 0 spiro atoms. The molecule has 0 aromatic carbocycles. The van der Waals surface area contributed by atoms with Crippen molar-refractivity contribution in [3.63, 3.8) is 0 Å². The second-order valence-corrected chi connectivity index (χ2v) is 6.42. The van der Waals surface area contributed by atoms with Crippen LogP contribution in [0, 0.1) is 17.8 Å². The highest BCUT2D eigenvalue weighted by atomic mass is 15.2. The number of hydrogen-bond donors (Lipinski definition) is 1. The third kappa shape index (κ3) is 2.14. The average molecular weight is 224 g/mol. The Kier molecular flexibility index (Phi) is 3.60. The van der Waals surface area contributed by atoms with Gasteiger partial charge in [0, 0.05) is 24.7 Å². The molecule has 1 saturated carbocycles. The lowest BCUT2D eigenvalue weighted by molar-refractivity contribution is -0.0125. The van der Waals surface area contributed by atoms with Crippen LogP contribution in [0.5, 0.6) is 0 Å². The predicted octanol–water partition coefficient (Wildman–Crippen LogP) is 2.48. The first-order valence-corrected chi connectivity index (χ1v) is 7.02. The molecule has 2 aliphatic rings. The number of rotatable bonds is 2. The van der Waals surface area contributed by atoms with Gasteiger partial charge in [-0.05, 0) is 43.9 Å². The normalized spacial score (nSPS) is 45.8. The van der Waals surface area contributed by atoms with Gasteiger partial charge in [-0.25, -0.2) is 0 Å². The van der Waals surface area contributed by atoms with Gasteiger partial charge in [0.2, 0.25) is 0 Å². The Labute approximate surface area is 101 Å². The van der Waals surface area contributed by atoms with Crippen molar-refractivity contribution in [1.82, 2.24) is 4.90 Å². The topological polar surface area (TPSA) is 29.3 Å². The molecule has 2 heteroatoms. The fourth-order valence-corrected chi connectivity index (χ4v) is 3.38. The van der Waals surface area contributed by atoms with Crippen LogP contribution in [-0.2, 0) is 0 Å². The van der Waals surface area contributed by atoms with Crippen LogP contribution in [-0.4, -0.2) is 29.6 Å². The maximum atomic E-state index is 6.14. The number of hydrogen-bond acceptors (Lipinski definition) is 2. The summed E-state index contributed by atoms with van der Waals surface area (Å²) in [5.41, 5.74) is 6.14. The van der Waals surface area contributed by atoms with Gasteiger partial charge in [-0.3, -0.25) is 4.90 Å². The van der Waals surface area contributed by atoms with E-state index in [9.17, 15) is 0 Å². The molecule has 0 aromatic rings. The minimum Gasteiger partial charge on any atom is -0.327 e. The molecule has 3 atom stereocenters. The minimum atomic E-state index is 0.423. The molecule has 0 amide bonds. The van der Waals surface area contributed by atoms with E-state index in [0.29, 0.717) is 18.0 Å². The van der Waals surface area contributed by atoms with E-state index in [-0.39, 0.29) is 0 Å². The smallest absolute Gasteiger partial charge is 0.0110 e. The monoisotopic (exact) mass is 224 g/mol. The van der Waals surface area contributed by atoms with E-state index in [1.165, 1.54) is 25.8 Å². The van der Waals surface area contributed by atoms with Gasteiger partial charge in [-0.1, -0.05) is 20.8 Å². The molecule has 2 nitrogen and oxygen atoms in total. The lowest BCUT2D eigenvalue weighted by Gasteiger charge is -2.51. The first kappa shape index (κ1) is 12.4. The molecular formula is C14H28N2. The van der Waals surface area contributed by atoms with Crippen LogP contribution < -0.4 is 5.73 Å². The van der Waals surface area contributed by atoms with Gasteiger partial charge in [0.05, 0.1) is 0 Å².